The smallest absolute Gasteiger partial charge is 0.327 e. The molecule has 0 rings (SSSR count). The second kappa shape index (κ2) is 16.4. The molecule has 0 radical (unpaired) electrons. The summed E-state index contributed by atoms with van der Waals surface area (Å²) >= 11 is 0. The van der Waals surface area contributed by atoms with Gasteiger partial charge >= 0.3 is 5.97 Å². The summed E-state index contributed by atoms with van der Waals surface area (Å²) in [7, 11) is 0. The molecule has 0 amide bonds. The lowest BCUT2D eigenvalue weighted by atomic mass is 10.7. The minimum Gasteiger partial charge on any atom is -0.478 e. The highest BCUT2D eigenvalue weighted by atomic mass is 28.1. The highest BCUT2D eigenvalue weighted by Crippen LogP contribution is 1.54. The van der Waals surface area contributed by atoms with E-state index in [4.69, 9.17) is 5.11 Å². The molecular formula is C5H12O2Si. The van der Waals surface area contributed by atoms with Gasteiger partial charge in [-0.15, -0.1) is 13.2 Å². The summed E-state index contributed by atoms with van der Waals surface area (Å²) < 4.78 is 0. The van der Waals surface area contributed by atoms with E-state index in [0.717, 1.165) is 6.08 Å². The van der Waals surface area contributed by atoms with Crippen LogP contribution in [0, 0.1) is 0 Å². The predicted octanol–water partition coefficient (Wildman–Crippen LogP) is -0.392. The van der Waals surface area contributed by atoms with E-state index >= 15 is 0 Å². The van der Waals surface area contributed by atoms with E-state index in [0.29, 0.717) is 0 Å². The quantitative estimate of drug-likeness (QED) is 0.300. The van der Waals surface area contributed by atoms with Crippen molar-refractivity contribution in [3.05, 3.63) is 25.8 Å². The van der Waals surface area contributed by atoms with E-state index in [1.165, 1.54) is 0 Å². The van der Waals surface area contributed by atoms with Crippen molar-refractivity contribution in [2.75, 3.05) is 0 Å². The van der Waals surface area contributed by atoms with Crippen molar-refractivity contribution in [2.24, 2.45) is 0 Å². The molecule has 48 valence electrons. The summed E-state index contributed by atoms with van der Waals surface area (Å²) in [6, 6.07) is 0. The molecule has 0 aromatic carbocycles. The van der Waals surface area contributed by atoms with Crippen molar-refractivity contribution >= 4 is 16.9 Å². The molecule has 0 bridgehead atoms. The van der Waals surface area contributed by atoms with Crippen molar-refractivity contribution in [2.45, 2.75) is 0 Å². The first-order chi connectivity index (χ1) is 3.27. The zero-order chi connectivity index (χ0) is 6.28. The molecule has 3 heteroatoms. The lowest BCUT2D eigenvalue weighted by Crippen LogP contribution is -1.82. The van der Waals surface area contributed by atoms with Crippen molar-refractivity contribution in [1.29, 1.82) is 0 Å². The molecule has 1 N–H and O–H groups in total. The van der Waals surface area contributed by atoms with Gasteiger partial charge in [0.25, 0.3) is 0 Å². The Morgan fingerprint density at radius 2 is 1.62 bits per heavy atom. The Kier molecular flexibility index (Phi) is 32.2. The Hall–Kier alpha value is -0.833. The molecule has 0 aromatic rings. The molecule has 0 spiro atoms. The summed E-state index contributed by atoms with van der Waals surface area (Å²) in [6.45, 7) is 8.96. The van der Waals surface area contributed by atoms with Crippen LogP contribution in [0.1, 0.15) is 0 Å². The van der Waals surface area contributed by atoms with Crippen molar-refractivity contribution in [1.82, 2.24) is 0 Å². The molecule has 8 heavy (non-hydrogen) atoms. The summed E-state index contributed by atoms with van der Waals surface area (Å²) in [5.41, 5.74) is 0. The highest BCUT2D eigenvalue weighted by Gasteiger charge is 1.73. The molecule has 0 aliphatic rings. The third-order valence-electron chi connectivity index (χ3n) is 0.175. The van der Waals surface area contributed by atoms with Crippen LogP contribution in [0.2, 0.25) is 0 Å². The van der Waals surface area contributed by atoms with Crippen LogP contribution in [-0.4, -0.2) is 22.0 Å². The van der Waals surface area contributed by atoms with Gasteiger partial charge in [0.1, 0.15) is 0 Å². The zero-order valence-electron chi connectivity index (χ0n) is 4.05. The average Bonchev–Trinajstić information content (AvgIpc) is 1.73. The zero-order valence-corrected chi connectivity index (χ0v) is 4.05. The van der Waals surface area contributed by atoms with Gasteiger partial charge in [-0.05, 0) is 11.0 Å². The molecule has 0 unspecified atom stereocenters. The molecule has 0 aliphatic heterocycles. The van der Waals surface area contributed by atoms with Gasteiger partial charge in [-0.3, -0.25) is 0 Å². The maximum Gasteiger partial charge on any atom is 0.327 e. The minimum atomic E-state index is -0.981. The Morgan fingerprint density at radius 3 is 1.62 bits per heavy atom. The van der Waals surface area contributed by atoms with Gasteiger partial charge in [0.2, 0.25) is 0 Å². The monoisotopic (exact) mass is 132 g/mol. The third kappa shape index (κ3) is 65.9. The van der Waals surface area contributed by atoms with E-state index in [-0.39, 0.29) is 11.0 Å². The predicted molar refractivity (Wildman–Crippen MR) is 40.4 cm³/mol. The summed E-state index contributed by atoms with van der Waals surface area (Å²) in [5, 5.41) is 7.60. The molecule has 0 aliphatic carbocycles. The Bertz CT molecular complexity index is 70.8. The van der Waals surface area contributed by atoms with Gasteiger partial charge in [0, 0.05) is 6.08 Å². The maximum absolute atomic E-state index is 9.25. The molecule has 2 nitrogen and oxygen atoms in total. The van der Waals surface area contributed by atoms with Gasteiger partial charge in [-0.2, -0.15) is 0 Å². The van der Waals surface area contributed by atoms with Crippen LogP contribution in [-0.2, 0) is 4.79 Å². The van der Waals surface area contributed by atoms with Crippen LogP contribution in [0.4, 0.5) is 0 Å². The number of rotatable bonds is 1. The molecule has 0 saturated heterocycles. The van der Waals surface area contributed by atoms with Crippen LogP contribution >= 0.6 is 0 Å². The molecular weight excluding hydrogens is 120 g/mol. The van der Waals surface area contributed by atoms with Gasteiger partial charge < -0.3 is 5.11 Å². The van der Waals surface area contributed by atoms with Gasteiger partial charge in [0.05, 0.1) is 0 Å². The van der Waals surface area contributed by atoms with Gasteiger partial charge in [-0.1, -0.05) is 6.58 Å². The second-order valence-corrected chi connectivity index (χ2v) is 0.542. The average molecular weight is 132 g/mol. The first kappa shape index (κ1) is 15.7. The first-order valence-corrected chi connectivity index (χ1v) is 1.62. The first-order valence-electron chi connectivity index (χ1n) is 1.62. The van der Waals surface area contributed by atoms with Crippen LogP contribution in [0.5, 0.6) is 0 Å². The van der Waals surface area contributed by atoms with E-state index < -0.39 is 5.97 Å². The third-order valence-corrected chi connectivity index (χ3v) is 0.175. The van der Waals surface area contributed by atoms with Gasteiger partial charge in [-0.25, -0.2) is 4.79 Å². The lowest BCUT2D eigenvalue weighted by Gasteiger charge is -1.64. The number of carbonyl (C=O) groups is 1. The minimum absolute atomic E-state index is 0. The Morgan fingerprint density at radius 1 is 1.50 bits per heavy atom. The lowest BCUT2D eigenvalue weighted by molar-refractivity contribution is -0.131. The fraction of sp³-hybridized carbons (Fsp3) is 0. The topological polar surface area (TPSA) is 37.3 Å². The Labute approximate surface area is 53.6 Å². The highest BCUT2D eigenvalue weighted by molar-refractivity contribution is 5.78. The normalized spacial score (nSPS) is 4.50. The molecule has 0 fully saturated rings. The van der Waals surface area contributed by atoms with Crippen molar-refractivity contribution in [3.8, 4) is 0 Å². The van der Waals surface area contributed by atoms with Crippen LogP contribution < -0.4 is 0 Å². The Balaban J connectivity index is -0.0000000750. The number of hydrogen-bond donors (Lipinski definition) is 1. The van der Waals surface area contributed by atoms with E-state index in [1.807, 2.05) is 0 Å². The van der Waals surface area contributed by atoms with Crippen molar-refractivity contribution in [3.63, 3.8) is 0 Å². The number of aliphatic carboxylic acids is 1. The second-order valence-electron chi connectivity index (χ2n) is 0.542. The SMILES string of the molecule is C=C.C=CC(=O)O.[SiH4]. The standard InChI is InChI=1S/C3H4O2.C2H4.H4Si/c1-2-3(4)5;1-2;/h2H,1H2,(H,4,5);1-2H2;1H4. The fourth-order valence-electron chi connectivity index (χ4n) is 0. The van der Waals surface area contributed by atoms with Crippen molar-refractivity contribution < 1.29 is 9.90 Å². The fourth-order valence-corrected chi connectivity index (χ4v) is 0. The number of carboxylic acids is 1. The summed E-state index contributed by atoms with van der Waals surface area (Å²) in [4.78, 5) is 9.25. The number of carboxylic acid groups (broad SMARTS) is 1. The molecule has 0 aromatic heterocycles. The van der Waals surface area contributed by atoms with Crippen LogP contribution in [0.3, 0.4) is 0 Å². The van der Waals surface area contributed by atoms with E-state index in [2.05, 4.69) is 19.7 Å². The van der Waals surface area contributed by atoms with Gasteiger partial charge in [0.15, 0.2) is 0 Å². The number of hydrogen-bond acceptors (Lipinski definition) is 1. The molecule has 0 heterocycles. The van der Waals surface area contributed by atoms with E-state index in [9.17, 15) is 4.79 Å². The maximum atomic E-state index is 9.25. The summed E-state index contributed by atoms with van der Waals surface area (Å²) in [6.07, 6.45) is 0.833. The van der Waals surface area contributed by atoms with E-state index in [1.54, 1.807) is 0 Å². The summed E-state index contributed by atoms with van der Waals surface area (Å²) in [5.74, 6) is -0.981. The molecule has 0 saturated carbocycles. The largest absolute Gasteiger partial charge is 0.478 e. The van der Waals surface area contributed by atoms with Crippen LogP contribution in [0.25, 0.3) is 0 Å². The molecule has 0 atom stereocenters. The van der Waals surface area contributed by atoms with Crippen LogP contribution in [0.15, 0.2) is 25.8 Å².